The van der Waals surface area contributed by atoms with E-state index in [0.29, 0.717) is 39.1 Å². The van der Waals surface area contributed by atoms with Crippen molar-refractivity contribution < 1.29 is 51.9 Å². The number of amides is 4. The van der Waals surface area contributed by atoms with E-state index in [9.17, 15) is 28.6 Å². The number of hydrogen-bond donors (Lipinski definition) is 4. The fraction of sp³-hybridized carbons (Fsp3) is 0.767. The molecule has 0 spiro atoms. The molecule has 0 saturated carbocycles. The molecule has 2 heterocycles. The number of carbonyl (C=O) groups excluding carboxylic acids is 4. The van der Waals surface area contributed by atoms with Crippen molar-refractivity contribution in [1.29, 1.82) is 0 Å². The van der Waals surface area contributed by atoms with Gasteiger partial charge in [0.25, 0.3) is 0 Å². The van der Waals surface area contributed by atoms with Gasteiger partial charge in [-0.1, -0.05) is 67.0 Å². The van der Waals surface area contributed by atoms with E-state index in [1.807, 2.05) is 60.5 Å². The average Bonchev–Trinajstić information content (AvgIpc) is 3.69. The van der Waals surface area contributed by atoms with Gasteiger partial charge in [-0.05, 0) is 68.8 Å². The zero-order valence-corrected chi connectivity index (χ0v) is 39.4. The van der Waals surface area contributed by atoms with Crippen LogP contribution in [-0.2, 0) is 48.9 Å². The summed E-state index contributed by atoms with van der Waals surface area (Å²) < 4.78 is 40.1. The van der Waals surface area contributed by atoms with Gasteiger partial charge in [0.2, 0.25) is 23.6 Å². The van der Waals surface area contributed by atoms with Crippen molar-refractivity contribution in [2.45, 2.75) is 123 Å². The zero-order chi connectivity index (χ0) is 45.6. The van der Waals surface area contributed by atoms with Crippen LogP contribution >= 0.6 is 7.82 Å². The maximum absolute atomic E-state index is 14.3. The molecule has 0 bridgehead atoms. The Kier molecular flexibility index (Phi) is 21.1. The van der Waals surface area contributed by atoms with E-state index in [2.05, 4.69) is 16.0 Å². The molecule has 0 aliphatic carbocycles. The Morgan fingerprint density at radius 2 is 1.67 bits per heavy atom. The van der Waals surface area contributed by atoms with Gasteiger partial charge < -0.3 is 39.2 Å². The van der Waals surface area contributed by atoms with Crippen LogP contribution in [0.5, 0.6) is 5.75 Å². The first-order valence-corrected chi connectivity index (χ1v) is 23.2. The molecular formula is C43H75N6O11P. The molecule has 1 aromatic rings. The summed E-state index contributed by atoms with van der Waals surface area (Å²) in [6.07, 6.45) is 0.700. The van der Waals surface area contributed by atoms with Gasteiger partial charge in [0.1, 0.15) is 18.0 Å². The molecule has 2 unspecified atom stereocenters. The van der Waals surface area contributed by atoms with Gasteiger partial charge >= 0.3 is 7.82 Å². The average molecular weight is 883 g/mol. The monoisotopic (exact) mass is 883 g/mol. The van der Waals surface area contributed by atoms with Gasteiger partial charge in [-0.15, -0.1) is 0 Å². The molecule has 0 aromatic heterocycles. The number of ether oxygens (including phenoxy) is 3. The molecule has 2 aliphatic rings. The third-order valence-electron chi connectivity index (χ3n) is 12.0. The number of carbonyl (C=O) groups is 4. The van der Waals surface area contributed by atoms with Crippen molar-refractivity contribution in [3.05, 3.63) is 29.8 Å². The Balaban J connectivity index is 1.63. The molecule has 10 atom stereocenters. The van der Waals surface area contributed by atoms with Crippen LogP contribution in [0.1, 0.15) is 79.7 Å². The summed E-state index contributed by atoms with van der Waals surface area (Å²) >= 11 is 0. The summed E-state index contributed by atoms with van der Waals surface area (Å²) in [5, 5.41) is 8.97. The van der Waals surface area contributed by atoms with Crippen molar-refractivity contribution in [3.8, 4) is 5.75 Å². The molecule has 3 rings (SSSR count). The Morgan fingerprint density at radius 3 is 2.21 bits per heavy atom. The van der Waals surface area contributed by atoms with Gasteiger partial charge in [-0.25, -0.2) is 4.57 Å². The number of morpholine rings is 1. The van der Waals surface area contributed by atoms with Crippen LogP contribution in [-0.4, -0.2) is 154 Å². The Bertz CT molecular complexity index is 1590. The number of phosphoric acid groups is 1. The molecule has 18 heteroatoms. The highest BCUT2D eigenvalue weighted by Crippen LogP contribution is 2.45. The van der Waals surface area contributed by atoms with Crippen LogP contribution in [0.2, 0.25) is 0 Å². The second kappa shape index (κ2) is 24.6. The third-order valence-corrected chi connectivity index (χ3v) is 12.9. The lowest BCUT2D eigenvalue weighted by Gasteiger charge is -2.41. The number of nitrogens with zero attached hydrogens (tertiary/aromatic N) is 3. The zero-order valence-electron chi connectivity index (χ0n) is 38.5. The second-order valence-electron chi connectivity index (χ2n) is 17.3. The first-order valence-electron chi connectivity index (χ1n) is 21.7. The van der Waals surface area contributed by atoms with Gasteiger partial charge in [0.15, 0.2) is 0 Å². The normalized spacial score (nSPS) is 21.5. The van der Waals surface area contributed by atoms with E-state index in [0.717, 1.165) is 18.4 Å². The van der Waals surface area contributed by atoms with Crippen LogP contribution in [0.25, 0.3) is 0 Å². The van der Waals surface area contributed by atoms with Crippen LogP contribution in [0, 0.1) is 23.7 Å². The van der Waals surface area contributed by atoms with Crippen molar-refractivity contribution in [2.24, 2.45) is 23.7 Å². The first-order chi connectivity index (χ1) is 28.8. The molecular weight excluding hydrogens is 807 g/mol. The number of likely N-dealkylation sites (N-methyl/N-ethyl adjacent to an activating group) is 2. The summed E-state index contributed by atoms with van der Waals surface area (Å²) in [5.74, 6) is -1.41. The topological polar surface area (TPSA) is 198 Å². The summed E-state index contributed by atoms with van der Waals surface area (Å²) in [4.78, 5) is 70.9. The number of hydrogen-bond acceptors (Lipinski definition) is 12. The molecule has 2 fully saturated rings. The van der Waals surface area contributed by atoms with Crippen molar-refractivity contribution in [3.63, 3.8) is 0 Å². The Hall–Kier alpha value is -3.15. The molecule has 61 heavy (non-hydrogen) atoms. The lowest BCUT2D eigenvalue weighted by Crippen LogP contribution is -2.59. The third kappa shape index (κ3) is 15.0. The molecule has 17 nitrogen and oxygen atoms in total. The number of phosphoric ester groups is 1. The highest BCUT2D eigenvalue weighted by atomic mass is 31.2. The van der Waals surface area contributed by atoms with Crippen molar-refractivity contribution in [1.82, 2.24) is 30.7 Å². The van der Waals surface area contributed by atoms with Crippen molar-refractivity contribution >= 4 is 31.5 Å². The predicted octanol–water partition coefficient (Wildman–Crippen LogP) is 3.43. The van der Waals surface area contributed by atoms with Gasteiger partial charge in [0, 0.05) is 40.9 Å². The van der Waals surface area contributed by atoms with Gasteiger partial charge in [0.05, 0.1) is 55.9 Å². The van der Waals surface area contributed by atoms with E-state index in [-0.39, 0.29) is 66.2 Å². The minimum Gasteiger partial charge on any atom is -0.404 e. The van der Waals surface area contributed by atoms with Gasteiger partial charge in [-0.3, -0.25) is 38.8 Å². The summed E-state index contributed by atoms with van der Waals surface area (Å²) in [6, 6.07) is 4.64. The van der Waals surface area contributed by atoms with Gasteiger partial charge in [-0.2, -0.15) is 0 Å². The van der Waals surface area contributed by atoms with Crippen LogP contribution < -0.4 is 20.5 Å². The predicted molar refractivity (Wildman–Crippen MR) is 233 cm³/mol. The van der Waals surface area contributed by atoms with Crippen LogP contribution in [0.15, 0.2) is 24.3 Å². The fourth-order valence-electron chi connectivity index (χ4n) is 8.54. The number of likely N-dealkylation sites (tertiary alicyclic amines) is 1. The SMILES string of the molecule is CC[C@H](C)[C@@H]([C@@H](CC(=O)N1CCC[C@H]1[C@H](OC)[C@@H](C)C(=O)NCCc1ccc(OP(=O)(O)OC2COCCN2)cc1)OC)N(C)C(=O)[C@@H](NC(=O)[C@H](C(C)C)N(C)C)C(C)C. The largest absolute Gasteiger partial charge is 0.529 e. The summed E-state index contributed by atoms with van der Waals surface area (Å²) in [7, 11) is 4.15. The van der Waals surface area contributed by atoms with Crippen LogP contribution in [0.3, 0.4) is 0 Å². The minimum atomic E-state index is -4.39. The maximum atomic E-state index is 14.3. The minimum absolute atomic E-state index is 0.0186. The highest BCUT2D eigenvalue weighted by Gasteiger charge is 2.43. The highest BCUT2D eigenvalue weighted by molar-refractivity contribution is 7.47. The van der Waals surface area contributed by atoms with Crippen molar-refractivity contribution in [2.75, 3.05) is 68.2 Å². The number of nitrogens with one attached hydrogen (secondary N) is 3. The van der Waals surface area contributed by atoms with E-state index >= 15 is 0 Å². The van der Waals surface area contributed by atoms with E-state index in [1.54, 1.807) is 62.3 Å². The lowest BCUT2D eigenvalue weighted by atomic mass is 9.89. The fourth-order valence-corrected chi connectivity index (χ4v) is 9.43. The quantitative estimate of drug-likeness (QED) is 0.110. The molecule has 4 N–H and O–H groups in total. The maximum Gasteiger partial charge on any atom is 0.529 e. The smallest absolute Gasteiger partial charge is 0.404 e. The molecule has 4 amide bonds. The Morgan fingerprint density at radius 1 is 1.00 bits per heavy atom. The molecule has 2 saturated heterocycles. The second-order valence-corrected chi connectivity index (χ2v) is 18.7. The summed E-state index contributed by atoms with van der Waals surface area (Å²) in [5.41, 5.74) is 0.872. The number of benzene rings is 1. The van der Waals surface area contributed by atoms with Crippen LogP contribution in [0.4, 0.5) is 0 Å². The molecule has 0 radical (unpaired) electrons. The van der Waals surface area contributed by atoms with E-state index < -0.39 is 50.3 Å². The molecule has 348 valence electrons. The summed E-state index contributed by atoms with van der Waals surface area (Å²) in [6.45, 7) is 15.6. The Labute approximate surface area is 363 Å². The van der Waals surface area contributed by atoms with E-state index in [1.165, 1.54) is 0 Å². The molecule has 2 aliphatic heterocycles. The molecule has 1 aromatic carbocycles. The number of rotatable bonds is 24. The number of methoxy groups -OCH3 is 2. The first kappa shape index (κ1) is 52.2. The standard InChI is InChI=1S/C43H75N6O11P/c1-13-29(6)39(48(10)43(53)37(27(2)3)46-42(52)38(28(4)5)47(8)9)34(56-11)25-36(50)49-23-14-15-33(49)40(57-12)30(7)41(51)45-21-20-31-16-18-32(19-17-31)59-61(54,55)60-35-26-58-24-22-44-35/h16-19,27-30,33-35,37-40,44H,13-15,20-26H2,1-12H3,(H,45,51)(H,46,52)(H,54,55)/t29-,30+,33-,34+,35?,37-,38-,39-,40+/m0/s1. The van der Waals surface area contributed by atoms with E-state index in [4.69, 9.17) is 23.3 Å². The lowest BCUT2D eigenvalue weighted by molar-refractivity contribution is -0.148.